The fourth-order valence-electron chi connectivity index (χ4n) is 1.65. The van der Waals surface area contributed by atoms with Gasteiger partial charge in [-0.1, -0.05) is 11.6 Å². The van der Waals surface area contributed by atoms with E-state index in [-0.39, 0.29) is 12.0 Å². The maximum absolute atomic E-state index is 11.7. The molecule has 1 aliphatic rings. The zero-order valence-corrected chi connectivity index (χ0v) is 9.46. The molecule has 1 aliphatic heterocycles. The molecule has 2 rings (SSSR count). The number of carbonyl (C=O) groups is 1. The molecule has 1 aromatic carbocycles. The number of carbonyl (C=O) groups excluding carboxylic acids is 1. The number of nitrogens with one attached hydrogen (secondary N) is 1. The lowest BCUT2D eigenvalue weighted by molar-refractivity contribution is -0.124. The minimum Gasteiger partial charge on any atom is -0.397 e. The van der Waals surface area contributed by atoms with E-state index >= 15 is 0 Å². The average molecular weight is 241 g/mol. The fraction of sp³-hybridized carbons (Fsp3) is 0.364. The molecule has 1 fully saturated rings. The maximum Gasteiger partial charge on any atom is 0.253 e. The quantitative estimate of drug-likeness (QED) is 0.778. The van der Waals surface area contributed by atoms with Gasteiger partial charge in [-0.15, -0.1) is 0 Å². The minimum atomic E-state index is -0.352. The number of nitrogens with two attached hydrogens (primary N) is 1. The summed E-state index contributed by atoms with van der Waals surface area (Å²) in [4.78, 5) is 11.7. The van der Waals surface area contributed by atoms with E-state index in [2.05, 4.69) is 5.32 Å². The molecule has 1 heterocycles. The van der Waals surface area contributed by atoms with Gasteiger partial charge in [0, 0.05) is 11.6 Å². The van der Waals surface area contributed by atoms with E-state index in [9.17, 15) is 4.79 Å². The SMILES string of the molecule is Nc1cc(Cl)ccc1NC(=O)C1CCCO1. The van der Waals surface area contributed by atoms with Crippen LogP contribution in [0, 0.1) is 0 Å². The molecule has 0 aliphatic carbocycles. The molecule has 1 atom stereocenters. The van der Waals surface area contributed by atoms with Crippen LogP contribution < -0.4 is 11.1 Å². The first-order chi connectivity index (χ1) is 7.66. The Bertz CT molecular complexity index is 403. The standard InChI is InChI=1S/C11H13ClN2O2/c12-7-3-4-9(8(13)6-7)14-11(15)10-2-1-5-16-10/h3-4,6,10H,1-2,5,13H2,(H,14,15). The van der Waals surface area contributed by atoms with Gasteiger partial charge in [0.2, 0.25) is 0 Å². The summed E-state index contributed by atoms with van der Waals surface area (Å²) in [5, 5.41) is 3.28. The van der Waals surface area contributed by atoms with Crippen molar-refractivity contribution in [2.75, 3.05) is 17.7 Å². The molecule has 0 saturated carbocycles. The van der Waals surface area contributed by atoms with E-state index in [1.54, 1.807) is 18.2 Å². The van der Waals surface area contributed by atoms with Crippen molar-refractivity contribution >= 4 is 28.9 Å². The lowest BCUT2D eigenvalue weighted by Crippen LogP contribution is -2.27. The van der Waals surface area contributed by atoms with Gasteiger partial charge < -0.3 is 15.8 Å². The number of ether oxygens (including phenoxy) is 1. The lowest BCUT2D eigenvalue weighted by atomic mass is 10.2. The summed E-state index contributed by atoms with van der Waals surface area (Å²) in [5.74, 6) is -0.147. The number of nitrogen functional groups attached to an aromatic ring is 1. The van der Waals surface area contributed by atoms with Gasteiger partial charge in [-0.2, -0.15) is 0 Å². The van der Waals surface area contributed by atoms with Crippen LogP contribution in [0.2, 0.25) is 5.02 Å². The number of anilines is 2. The summed E-state index contributed by atoms with van der Waals surface area (Å²) in [6.45, 7) is 0.647. The van der Waals surface area contributed by atoms with Crippen LogP contribution in [-0.2, 0) is 9.53 Å². The topological polar surface area (TPSA) is 64.3 Å². The number of hydrogen-bond acceptors (Lipinski definition) is 3. The Balaban J connectivity index is 2.05. The van der Waals surface area contributed by atoms with E-state index in [1.807, 2.05) is 0 Å². The average Bonchev–Trinajstić information content (AvgIpc) is 2.75. The fourth-order valence-corrected chi connectivity index (χ4v) is 1.83. The molecule has 4 nitrogen and oxygen atoms in total. The Labute approximate surface area is 98.7 Å². The molecule has 1 unspecified atom stereocenters. The first-order valence-electron chi connectivity index (χ1n) is 5.14. The number of halogens is 1. The Morgan fingerprint density at radius 2 is 2.38 bits per heavy atom. The molecule has 0 bridgehead atoms. The summed E-state index contributed by atoms with van der Waals surface area (Å²) in [5.41, 5.74) is 6.76. The van der Waals surface area contributed by atoms with Gasteiger partial charge in [0.15, 0.2) is 0 Å². The third-order valence-electron chi connectivity index (χ3n) is 2.49. The smallest absolute Gasteiger partial charge is 0.253 e. The molecule has 86 valence electrons. The maximum atomic E-state index is 11.7. The molecule has 0 radical (unpaired) electrons. The van der Waals surface area contributed by atoms with Crippen LogP contribution in [0.25, 0.3) is 0 Å². The van der Waals surface area contributed by atoms with Crippen molar-refractivity contribution in [1.29, 1.82) is 0 Å². The zero-order valence-electron chi connectivity index (χ0n) is 8.70. The van der Waals surface area contributed by atoms with Gasteiger partial charge in [0.1, 0.15) is 6.10 Å². The summed E-state index contributed by atoms with van der Waals surface area (Å²) in [6, 6.07) is 4.97. The molecule has 16 heavy (non-hydrogen) atoms. The van der Waals surface area contributed by atoms with E-state index in [0.717, 1.165) is 12.8 Å². The molecule has 1 amide bonds. The first kappa shape index (κ1) is 11.2. The van der Waals surface area contributed by atoms with Crippen LogP contribution in [0.3, 0.4) is 0 Å². The van der Waals surface area contributed by atoms with Crippen molar-refractivity contribution in [2.24, 2.45) is 0 Å². The summed E-state index contributed by atoms with van der Waals surface area (Å²) in [7, 11) is 0. The molecule has 1 aromatic rings. The van der Waals surface area contributed by atoms with Crippen molar-refractivity contribution in [1.82, 2.24) is 0 Å². The summed E-state index contributed by atoms with van der Waals surface area (Å²) in [6.07, 6.45) is 1.34. The van der Waals surface area contributed by atoms with Gasteiger partial charge in [0.25, 0.3) is 5.91 Å². The highest BCUT2D eigenvalue weighted by atomic mass is 35.5. The lowest BCUT2D eigenvalue weighted by Gasteiger charge is -2.12. The third-order valence-corrected chi connectivity index (χ3v) is 2.73. The number of amides is 1. The monoisotopic (exact) mass is 240 g/mol. The molecular formula is C11H13ClN2O2. The van der Waals surface area contributed by atoms with Crippen molar-refractivity contribution in [3.63, 3.8) is 0 Å². The Hall–Kier alpha value is -1.26. The highest BCUT2D eigenvalue weighted by Crippen LogP contribution is 2.23. The Kier molecular flexibility index (Phi) is 3.31. The molecule has 0 aromatic heterocycles. The highest BCUT2D eigenvalue weighted by Gasteiger charge is 2.23. The van der Waals surface area contributed by atoms with Crippen LogP contribution in [0.15, 0.2) is 18.2 Å². The summed E-state index contributed by atoms with van der Waals surface area (Å²) < 4.78 is 5.27. The van der Waals surface area contributed by atoms with Crippen LogP contribution >= 0.6 is 11.6 Å². The summed E-state index contributed by atoms with van der Waals surface area (Å²) >= 11 is 5.76. The van der Waals surface area contributed by atoms with E-state index in [1.165, 1.54) is 0 Å². The van der Waals surface area contributed by atoms with Crippen LogP contribution in [0.4, 0.5) is 11.4 Å². The molecular weight excluding hydrogens is 228 g/mol. The van der Waals surface area contributed by atoms with Crippen molar-refractivity contribution < 1.29 is 9.53 Å². The normalized spacial score (nSPS) is 19.7. The molecule has 0 spiro atoms. The predicted octanol–water partition coefficient (Wildman–Crippen LogP) is 2.04. The van der Waals surface area contributed by atoms with Crippen molar-refractivity contribution in [2.45, 2.75) is 18.9 Å². The van der Waals surface area contributed by atoms with Crippen LogP contribution in [-0.4, -0.2) is 18.6 Å². The minimum absolute atomic E-state index is 0.147. The van der Waals surface area contributed by atoms with Gasteiger partial charge in [0.05, 0.1) is 11.4 Å². The van der Waals surface area contributed by atoms with Crippen LogP contribution in [0.5, 0.6) is 0 Å². The van der Waals surface area contributed by atoms with Crippen molar-refractivity contribution in [3.8, 4) is 0 Å². The third kappa shape index (κ3) is 2.46. The van der Waals surface area contributed by atoms with Gasteiger partial charge in [-0.3, -0.25) is 4.79 Å². The van der Waals surface area contributed by atoms with Gasteiger partial charge in [-0.05, 0) is 31.0 Å². The molecule has 5 heteroatoms. The number of benzene rings is 1. The molecule has 1 saturated heterocycles. The number of hydrogen-bond donors (Lipinski definition) is 2. The highest BCUT2D eigenvalue weighted by molar-refractivity contribution is 6.31. The second-order valence-corrected chi connectivity index (χ2v) is 4.16. The molecule has 3 N–H and O–H groups in total. The van der Waals surface area contributed by atoms with Gasteiger partial charge in [-0.25, -0.2) is 0 Å². The number of rotatable bonds is 2. The largest absolute Gasteiger partial charge is 0.397 e. The van der Waals surface area contributed by atoms with Crippen molar-refractivity contribution in [3.05, 3.63) is 23.2 Å². The van der Waals surface area contributed by atoms with E-state index in [0.29, 0.717) is 23.0 Å². The van der Waals surface area contributed by atoms with E-state index in [4.69, 9.17) is 22.1 Å². The van der Waals surface area contributed by atoms with Gasteiger partial charge >= 0.3 is 0 Å². The Morgan fingerprint density at radius 3 is 3.00 bits per heavy atom. The van der Waals surface area contributed by atoms with Crippen LogP contribution in [0.1, 0.15) is 12.8 Å². The Morgan fingerprint density at radius 1 is 1.56 bits per heavy atom. The first-order valence-corrected chi connectivity index (χ1v) is 5.52. The zero-order chi connectivity index (χ0) is 11.5. The second kappa shape index (κ2) is 4.72. The van der Waals surface area contributed by atoms with E-state index < -0.39 is 0 Å². The predicted molar refractivity (Wildman–Crippen MR) is 63.5 cm³/mol. The second-order valence-electron chi connectivity index (χ2n) is 3.72.